The Hall–Kier alpha value is -1.01. The van der Waals surface area contributed by atoms with Crippen molar-refractivity contribution in [3.63, 3.8) is 0 Å². The van der Waals surface area contributed by atoms with E-state index >= 15 is 0 Å². The molecule has 2 aromatic carbocycles. The van der Waals surface area contributed by atoms with Crippen LogP contribution in [0.4, 0.5) is 5.69 Å². The summed E-state index contributed by atoms with van der Waals surface area (Å²) in [5.41, 5.74) is 0.565. The molecule has 0 aliphatic carbocycles. The van der Waals surface area contributed by atoms with Crippen LogP contribution >= 0.6 is 50.7 Å². The van der Waals surface area contributed by atoms with Gasteiger partial charge in [0.15, 0.2) is 5.75 Å². The minimum atomic E-state index is -0.476. The topological polar surface area (TPSA) is 52.4 Å². The molecule has 2 aromatic rings. The van der Waals surface area contributed by atoms with Gasteiger partial charge in [0.2, 0.25) is 0 Å². The zero-order chi connectivity index (χ0) is 15.6. The summed E-state index contributed by atoms with van der Waals surface area (Å²) in [7, 11) is 0. The minimum absolute atomic E-state index is 0.0376. The van der Waals surface area contributed by atoms with Crippen molar-refractivity contribution in [2.75, 3.05) is 0 Å². The zero-order valence-corrected chi connectivity index (χ0v) is 14.1. The van der Waals surface area contributed by atoms with Gasteiger partial charge in [-0.25, -0.2) is 0 Å². The van der Waals surface area contributed by atoms with E-state index in [4.69, 9.17) is 39.5 Å². The number of nitro groups is 1. The lowest BCUT2D eigenvalue weighted by molar-refractivity contribution is -0.385. The van der Waals surface area contributed by atoms with E-state index in [0.29, 0.717) is 15.1 Å². The van der Waals surface area contributed by atoms with E-state index < -0.39 is 4.92 Å². The summed E-state index contributed by atoms with van der Waals surface area (Å²) in [6.07, 6.45) is 0. The maximum Gasteiger partial charge on any atom is 0.283 e. The van der Waals surface area contributed by atoms with Crippen molar-refractivity contribution in [3.05, 3.63) is 65.6 Å². The average molecular weight is 411 g/mol. The lowest BCUT2D eigenvalue weighted by Crippen LogP contribution is -2.00. The number of hydrogen-bond acceptors (Lipinski definition) is 3. The van der Waals surface area contributed by atoms with Crippen molar-refractivity contribution >= 4 is 56.4 Å². The van der Waals surface area contributed by atoms with Crippen molar-refractivity contribution in [1.29, 1.82) is 0 Å². The van der Waals surface area contributed by atoms with Crippen LogP contribution < -0.4 is 4.74 Å². The number of halogens is 4. The van der Waals surface area contributed by atoms with E-state index in [-0.39, 0.29) is 28.1 Å². The van der Waals surface area contributed by atoms with E-state index in [2.05, 4.69) is 15.9 Å². The molecule has 21 heavy (non-hydrogen) atoms. The fraction of sp³-hybridized carbons (Fsp3) is 0.0769. The van der Waals surface area contributed by atoms with Gasteiger partial charge in [0.1, 0.15) is 11.1 Å². The molecule has 0 bridgehead atoms. The zero-order valence-electron chi connectivity index (χ0n) is 10.3. The smallest absolute Gasteiger partial charge is 0.283 e. The van der Waals surface area contributed by atoms with Crippen molar-refractivity contribution in [2.45, 2.75) is 6.61 Å². The summed E-state index contributed by atoms with van der Waals surface area (Å²) >= 11 is 21.0. The third kappa shape index (κ3) is 3.80. The second kappa shape index (κ2) is 6.83. The van der Waals surface area contributed by atoms with Gasteiger partial charge in [0.05, 0.1) is 15.0 Å². The molecule has 0 aliphatic heterocycles. The molecule has 0 saturated carbocycles. The van der Waals surface area contributed by atoms with Gasteiger partial charge in [-0.05, 0) is 28.1 Å². The summed E-state index contributed by atoms with van der Waals surface area (Å²) in [6.45, 7) is 0.0728. The van der Waals surface area contributed by atoms with Crippen LogP contribution in [-0.4, -0.2) is 4.92 Å². The van der Waals surface area contributed by atoms with Crippen LogP contribution in [-0.2, 0) is 6.61 Å². The van der Waals surface area contributed by atoms with Gasteiger partial charge in [-0.2, -0.15) is 0 Å². The summed E-state index contributed by atoms with van der Waals surface area (Å²) in [4.78, 5) is 10.4. The Morgan fingerprint density at radius 3 is 2.38 bits per heavy atom. The molecule has 0 aliphatic rings. The number of nitrogens with zero attached hydrogens (tertiary/aromatic N) is 1. The van der Waals surface area contributed by atoms with Crippen LogP contribution in [0.25, 0.3) is 0 Å². The molecule has 0 amide bonds. The van der Waals surface area contributed by atoms with Crippen LogP contribution in [0, 0.1) is 10.1 Å². The molecule has 8 heteroatoms. The van der Waals surface area contributed by atoms with Gasteiger partial charge < -0.3 is 4.74 Å². The normalized spacial score (nSPS) is 10.5. The van der Waals surface area contributed by atoms with Crippen molar-refractivity contribution in [2.24, 2.45) is 0 Å². The SMILES string of the molecule is O=[N+]([O-])c1cccc(COc2c(Cl)cc(Cl)cc2Cl)c1Br. The van der Waals surface area contributed by atoms with Crippen LogP contribution in [0.1, 0.15) is 5.56 Å². The maximum atomic E-state index is 10.9. The first-order valence-corrected chi connectivity index (χ1v) is 7.52. The lowest BCUT2D eigenvalue weighted by Gasteiger charge is -2.11. The highest BCUT2D eigenvalue weighted by Gasteiger charge is 2.16. The Morgan fingerprint density at radius 1 is 1.19 bits per heavy atom. The first kappa shape index (κ1) is 16.4. The molecule has 0 atom stereocenters. The molecule has 2 rings (SSSR count). The molecule has 110 valence electrons. The van der Waals surface area contributed by atoms with Crippen LogP contribution in [0.5, 0.6) is 5.75 Å². The number of rotatable bonds is 4. The third-order valence-electron chi connectivity index (χ3n) is 2.59. The monoisotopic (exact) mass is 409 g/mol. The molecule has 4 nitrogen and oxygen atoms in total. The predicted molar refractivity (Wildman–Crippen MR) is 86.6 cm³/mol. The Kier molecular flexibility index (Phi) is 5.32. The van der Waals surface area contributed by atoms with Crippen molar-refractivity contribution < 1.29 is 9.66 Å². The molecule has 0 saturated heterocycles. The molecule has 0 fully saturated rings. The van der Waals surface area contributed by atoms with E-state index in [9.17, 15) is 10.1 Å². The highest BCUT2D eigenvalue weighted by atomic mass is 79.9. The fourth-order valence-electron chi connectivity index (χ4n) is 1.64. The number of benzene rings is 2. The molecule has 0 unspecified atom stereocenters. The summed E-state index contributed by atoms with van der Waals surface area (Å²) in [6, 6.07) is 7.69. The first-order valence-electron chi connectivity index (χ1n) is 5.59. The van der Waals surface area contributed by atoms with Crippen molar-refractivity contribution in [3.8, 4) is 5.75 Å². The largest absolute Gasteiger partial charge is 0.486 e. The van der Waals surface area contributed by atoms with Crippen LogP contribution in [0.3, 0.4) is 0 Å². The molecule has 0 spiro atoms. The van der Waals surface area contributed by atoms with E-state index in [1.165, 1.54) is 18.2 Å². The van der Waals surface area contributed by atoms with Crippen molar-refractivity contribution in [1.82, 2.24) is 0 Å². The highest BCUT2D eigenvalue weighted by molar-refractivity contribution is 9.10. The number of nitro benzene ring substituents is 1. The Labute approximate surface area is 143 Å². The fourth-order valence-corrected chi connectivity index (χ4v) is 3.09. The Balaban J connectivity index is 2.25. The molecule has 0 N–H and O–H groups in total. The highest BCUT2D eigenvalue weighted by Crippen LogP contribution is 2.37. The Morgan fingerprint density at radius 2 is 1.81 bits per heavy atom. The van der Waals surface area contributed by atoms with Gasteiger partial charge in [0, 0.05) is 16.7 Å². The number of hydrogen-bond donors (Lipinski definition) is 0. The molecule has 0 aromatic heterocycles. The molecule has 0 heterocycles. The van der Waals surface area contributed by atoms with Gasteiger partial charge in [-0.1, -0.05) is 46.9 Å². The van der Waals surface area contributed by atoms with Crippen LogP contribution in [0.15, 0.2) is 34.8 Å². The van der Waals surface area contributed by atoms with Gasteiger partial charge in [0.25, 0.3) is 5.69 Å². The van der Waals surface area contributed by atoms with E-state index in [1.807, 2.05) is 0 Å². The maximum absolute atomic E-state index is 10.9. The summed E-state index contributed by atoms with van der Waals surface area (Å²) in [5.74, 6) is 0.279. The lowest BCUT2D eigenvalue weighted by atomic mass is 10.2. The Bertz CT molecular complexity index is 686. The predicted octanol–water partition coefficient (Wildman–Crippen LogP) is 5.90. The second-order valence-electron chi connectivity index (χ2n) is 3.99. The second-order valence-corrected chi connectivity index (χ2v) is 6.04. The molecular formula is C13H7BrCl3NO3. The van der Waals surface area contributed by atoms with Gasteiger partial charge in [-0.3, -0.25) is 10.1 Å². The first-order chi connectivity index (χ1) is 9.90. The third-order valence-corrected chi connectivity index (χ3v) is 4.29. The van der Waals surface area contributed by atoms with Crippen LogP contribution in [0.2, 0.25) is 15.1 Å². The van der Waals surface area contributed by atoms with E-state index in [0.717, 1.165) is 0 Å². The standard InChI is InChI=1S/C13H7BrCl3NO3/c14-12-7(2-1-3-11(12)18(19)20)6-21-13-9(16)4-8(15)5-10(13)17/h1-5H,6H2. The minimum Gasteiger partial charge on any atom is -0.486 e. The van der Waals surface area contributed by atoms with Gasteiger partial charge >= 0.3 is 0 Å². The summed E-state index contributed by atoms with van der Waals surface area (Å²) in [5, 5.41) is 11.8. The molecule has 0 radical (unpaired) electrons. The quantitative estimate of drug-likeness (QED) is 0.465. The molecular weight excluding hydrogens is 404 g/mol. The van der Waals surface area contributed by atoms with E-state index in [1.54, 1.807) is 12.1 Å². The summed E-state index contributed by atoms with van der Waals surface area (Å²) < 4.78 is 5.91. The average Bonchev–Trinajstić information content (AvgIpc) is 2.38. The number of ether oxygens (including phenoxy) is 1. The van der Waals surface area contributed by atoms with Gasteiger partial charge in [-0.15, -0.1) is 0 Å².